The van der Waals surface area contributed by atoms with Gasteiger partial charge in [-0.3, -0.25) is 5.32 Å². The number of halogens is 3. The average Bonchev–Trinajstić information content (AvgIpc) is 1.81. The largest absolute Gasteiger partial charge is 0.391 e. The molecule has 0 fully saturated rings. The molecule has 0 aliphatic carbocycles. The lowest BCUT2D eigenvalue weighted by atomic mass is 9.98. The van der Waals surface area contributed by atoms with Crippen LogP contribution in [0.4, 0.5) is 13.2 Å². The van der Waals surface area contributed by atoms with Gasteiger partial charge in [0.05, 0.1) is 12.5 Å². The maximum absolute atomic E-state index is 12.0. The maximum Gasteiger partial charge on any atom is 0.391 e. The zero-order chi connectivity index (χ0) is 10.7. The standard InChI is InChI=1S/C8H13F3N2/c1-6(2)13-7(3,5-12)4-8(9,10)11/h6,13H,4H2,1-3H3. The number of alkyl halides is 3. The first-order valence-corrected chi connectivity index (χ1v) is 3.94. The van der Waals surface area contributed by atoms with E-state index in [9.17, 15) is 13.2 Å². The van der Waals surface area contributed by atoms with Crippen molar-refractivity contribution < 1.29 is 13.2 Å². The predicted octanol–water partition coefficient (Wildman–Crippen LogP) is 2.22. The molecular weight excluding hydrogens is 181 g/mol. The highest BCUT2D eigenvalue weighted by atomic mass is 19.4. The van der Waals surface area contributed by atoms with Gasteiger partial charge in [-0.2, -0.15) is 18.4 Å². The van der Waals surface area contributed by atoms with E-state index >= 15 is 0 Å². The molecule has 0 spiro atoms. The second-order valence-corrected chi connectivity index (χ2v) is 3.53. The molecule has 1 N–H and O–H groups in total. The lowest BCUT2D eigenvalue weighted by Gasteiger charge is -2.26. The van der Waals surface area contributed by atoms with E-state index in [1.807, 2.05) is 0 Å². The van der Waals surface area contributed by atoms with Crippen LogP contribution in [0.1, 0.15) is 27.2 Å². The summed E-state index contributed by atoms with van der Waals surface area (Å²) in [5.41, 5.74) is -1.52. The lowest BCUT2D eigenvalue weighted by molar-refractivity contribution is -0.144. The van der Waals surface area contributed by atoms with E-state index < -0.39 is 18.1 Å². The van der Waals surface area contributed by atoms with E-state index in [1.54, 1.807) is 19.9 Å². The summed E-state index contributed by atoms with van der Waals surface area (Å²) in [6.45, 7) is 4.65. The summed E-state index contributed by atoms with van der Waals surface area (Å²) in [4.78, 5) is 0. The summed E-state index contributed by atoms with van der Waals surface area (Å²) < 4.78 is 36.0. The molecule has 0 aromatic rings. The number of nitriles is 1. The number of hydrogen-bond donors (Lipinski definition) is 1. The summed E-state index contributed by atoms with van der Waals surface area (Å²) in [6, 6.07) is 1.49. The van der Waals surface area contributed by atoms with Crippen molar-refractivity contribution in [3.63, 3.8) is 0 Å². The highest BCUT2D eigenvalue weighted by Gasteiger charge is 2.39. The van der Waals surface area contributed by atoms with E-state index in [4.69, 9.17) is 5.26 Å². The van der Waals surface area contributed by atoms with Gasteiger partial charge in [0.15, 0.2) is 0 Å². The molecule has 76 valence electrons. The summed E-state index contributed by atoms with van der Waals surface area (Å²) in [5, 5.41) is 11.2. The van der Waals surface area contributed by atoms with Gasteiger partial charge in [-0.05, 0) is 20.8 Å². The zero-order valence-electron chi connectivity index (χ0n) is 7.87. The Balaban J connectivity index is 4.40. The molecule has 0 saturated carbocycles. The molecular formula is C8H13F3N2. The summed E-state index contributed by atoms with van der Waals surface area (Å²) in [5.74, 6) is 0. The molecule has 2 nitrogen and oxygen atoms in total. The Labute approximate surface area is 75.7 Å². The van der Waals surface area contributed by atoms with E-state index in [0.717, 1.165) is 0 Å². The van der Waals surface area contributed by atoms with Crippen molar-refractivity contribution in [1.82, 2.24) is 5.32 Å². The lowest BCUT2D eigenvalue weighted by Crippen LogP contribution is -2.47. The van der Waals surface area contributed by atoms with Gasteiger partial charge in [-0.25, -0.2) is 0 Å². The van der Waals surface area contributed by atoms with Gasteiger partial charge in [-0.15, -0.1) is 0 Å². The molecule has 1 atom stereocenters. The van der Waals surface area contributed by atoms with Crippen molar-refractivity contribution in [2.24, 2.45) is 0 Å². The topological polar surface area (TPSA) is 35.8 Å². The average molecular weight is 194 g/mol. The Morgan fingerprint density at radius 1 is 1.38 bits per heavy atom. The second-order valence-electron chi connectivity index (χ2n) is 3.53. The first kappa shape index (κ1) is 12.2. The van der Waals surface area contributed by atoms with Crippen LogP contribution in [0.25, 0.3) is 0 Å². The Morgan fingerprint density at radius 2 is 1.85 bits per heavy atom. The quantitative estimate of drug-likeness (QED) is 0.747. The fourth-order valence-electron chi connectivity index (χ4n) is 1.16. The molecule has 5 heteroatoms. The SMILES string of the molecule is CC(C)NC(C)(C#N)CC(F)(F)F. The monoisotopic (exact) mass is 194 g/mol. The van der Waals surface area contributed by atoms with Crippen LogP contribution in [0.5, 0.6) is 0 Å². The molecule has 0 saturated heterocycles. The highest BCUT2D eigenvalue weighted by Crippen LogP contribution is 2.27. The van der Waals surface area contributed by atoms with Gasteiger partial charge in [0.25, 0.3) is 0 Å². The number of hydrogen-bond acceptors (Lipinski definition) is 2. The first-order valence-electron chi connectivity index (χ1n) is 3.94. The van der Waals surface area contributed by atoms with E-state index in [-0.39, 0.29) is 6.04 Å². The highest BCUT2D eigenvalue weighted by molar-refractivity contribution is 5.05. The van der Waals surface area contributed by atoms with Crippen molar-refractivity contribution in [3.8, 4) is 6.07 Å². The third-order valence-corrected chi connectivity index (χ3v) is 1.41. The third kappa shape index (κ3) is 5.47. The molecule has 0 aromatic heterocycles. The van der Waals surface area contributed by atoms with E-state index in [0.29, 0.717) is 0 Å². The van der Waals surface area contributed by atoms with Gasteiger partial charge in [0.1, 0.15) is 5.54 Å². The van der Waals surface area contributed by atoms with Crippen LogP contribution in [-0.4, -0.2) is 17.8 Å². The van der Waals surface area contributed by atoms with Gasteiger partial charge < -0.3 is 0 Å². The molecule has 0 aliphatic rings. The second kappa shape index (κ2) is 3.97. The van der Waals surface area contributed by atoms with Crippen LogP contribution in [-0.2, 0) is 0 Å². The molecule has 0 amide bonds. The van der Waals surface area contributed by atoms with Crippen LogP contribution in [0, 0.1) is 11.3 Å². The van der Waals surface area contributed by atoms with Crippen molar-refractivity contribution >= 4 is 0 Å². The minimum absolute atomic E-state index is 0.146. The number of rotatable bonds is 3. The molecule has 0 aliphatic heterocycles. The van der Waals surface area contributed by atoms with Gasteiger partial charge in [0.2, 0.25) is 0 Å². The van der Waals surface area contributed by atoms with Crippen LogP contribution < -0.4 is 5.32 Å². The van der Waals surface area contributed by atoms with Crippen LogP contribution in [0.3, 0.4) is 0 Å². The van der Waals surface area contributed by atoms with Gasteiger partial charge in [0, 0.05) is 6.04 Å². The molecule has 0 bridgehead atoms. The third-order valence-electron chi connectivity index (χ3n) is 1.41. The van der Waals surface area contributed by atoms with Crippen molar-refractivity contribution in [2.45, 2.75) is 44.9 Å². The minimum atomic E-state index is -4.31. The molecule has 0 heterocycles. The number of nitrogens with one attached hydrogen (secondary N) is 1. The minimum Gasteiger partial charge on any atom is -0.297 e. The Hall–Kier alpha value is -0.760. The molecule has 0 rings (SSSR count). The molecule has 0 aromatic carbocycles. The molecule has 13 heavy (non-hydrogen) atoms. The Bertz CT molecular complexity index is 204. The van der Waals surface area contributed by atoms with Crippen molar-refractivity contribution in [1.29, 1.82) is 5.26 Å². The number of nitrogens with zero attached hydrogens (tertiary/aromatic N) is 1. The van der Waals surface area contributed by atoms with E-state index in [1.165, 1.54) is 6.92 Å². The fourth-order valence-corrected chi connectivity index (χ4v) is 1.16. The summed E-state index contributed by atoms with van der Waals surface area (Å²) >= 11 is 0. The fraction of sp³-hybridized carbons (Fsp3) is 0.875. The van der Waals surface area contributed by atoms with Crippen molar-refractivity contribution in [3.05, 3.63) is 0 Å². The van der Waals surface area contributed by atoms with Crippen LogP contribution in [0.15, 0.2) is 0 Å². The maximum atomic E-state index is 12.0. The Kier molecular flexibility index (Phi) is 3.73. The summed E-state index contributed by atoms with van der Waals surface area (Å²) in [6.07, 6.45) is -5.44. The van der Waals surface area contributed by atoms with Gasteiger partial charge >= 0.3 is 6.18 Å². The van der Waals surface area contributed by atoms with Gasteiger partial charge in [-0.1, -0.05) is 0 Å². The first-order chi connectivity index (χ1) is 5.68. The predicted molar refractivity (Wildman–Crippen MR) is 43.0 cm³/mol. The normalized spacial score (nSPS) is 16.8. The molecule has 1 unspecified atom stereocenters. The van der Waals surface area contributed by atoms with Crippen LogP contribution in [0.2, 0.25) is 0 Å². The Morgan fingerprint density at radius 3 is 2.08 bits per heavy atom. The summed E-state index contributed by atoms with van der Waals surface area (Å²) in [7, 11) is 0. The smallest absolute Gasteiger partial charge is 0.297 e. The molecule has 0 radical (unpaired) electrons. The zero-order valence-corrected chi connectivity index (χ0v) is 7.87. The van der Waals surface area contributed by atoms with Crippen LogP contribution >= 0.6 is 0 Å². The van der Waals surface area contributed by atoms with E-state index in [2.05, 4.69) is 5.32 Å². The van der Waals surface area contributed by atoms with Crippen molar-refractivity contribution in [2.75, 3.05) is 0 Å².